The van der Waals surface area contributed by atoms with Crippen LogP contribution >= 0.6 is 0 Å². The summed E-state index contributed by atoms with van der Waals surface area (Å²) >= 11 is 0. The van der Waals surface area contributed by atoms with Crippen molar-refractivity contribution in [1.82, 2.24) is 0 Å². The molecule has 0 heterocycles. The summed E-state index contributed by atoms with van der Waals surface area (Å²) in [7, 11) is 1.65. The van der Waals surface area contributed by atoms with Crippen LogP contribution in [0, 0.1) is 17.2 Å². The lowest BCUT2D eigenvalue weighted by Gasteiger charge is -2.23. The number of nitriles is 1. The first kappa shape index (κ1) is 12.4. The molecule has 1 aliphatic rings. The third-order valence-corrected chi connectivity index (χ3v) is 3.12. The van der Waals surface area contributed by atoms with Gasteiger partial charge in [0.2, 0.25) is 0 Å². The van der Waals surface area contributed by atoms with Crippen molar-refractivity contribution < 1.29 is 9.47 Å². The number of hydrogen-bond donors (Lipinski definition) is 1. The Kier molecular flexibility index (Phi) is 5.03. The van der Waals surface area contributed by atoms with Gasteiger partial charge in [0, 0.05) is 13.7 Å². The molecular formula is C11H20N2O2. The van der Waals surface area contributed by atoms with Crippen molar-refractivity contribution >= 4 is 0 Å². The van der Waals surface area contributed by atoms with Gasteiger partial charge in [0.25, 0.3) is 0 Å². The van der Waals surface area contributed by atoms with Crippen LogP contribution in [-0.2, 0) is 9.47 Å². The number of nitrogens with zero attached hydrogens (tertiary/aromatic N) is 1. The second-order valence-electron chi connectivity index (χ2n) is 4.14. The summed E-state index contributed by atoms with van der Waals surface area (Å²) in [5.41, 5.74) is 5.40. The van der Waals surface area contributed by atoms with E-state index in [0.29, 0.717) is 25.7 Å². The molecule has 4 nitrogen and oxygen atoms in total. The van der Waals surface area contributed by atoms with Crippen LogP contribution in [0.5, 0.6) is 0 Å². The van der Waals surface area contributed by atoms with Crippen LogP contribution in [0.1, 0.15) is 25.7 Å². The fourth-order valence-electron chi connectivity index (χ4n) is 2.12. The maximum Gasteiger partial charge on any atom is 0.107 e. The van der Waals surface area contributed by atoms with E-state index in [1.807, 2.05) is 0 Å². The van der Waals surface area contributed by atoms with Gasteiger partial charge in [-0.3, -0.25) is 0 Å². The summed E-state index contributed by atoms with van der Waals surface area (Å²) in [5.74, 6) is 0.296. The van der Waals surface area contributed by atoms with Gasteiger partial charge in [-0.05, 0) is 25.2 Å². The Hall–Kier alpha value is -0.630. The maximum atomic E-state index is 9.00. The average Bonchev–Trinajstić information content (AvgIpc) is 2.61. The quantitative estimate of drug-likeness (QED) is 0.668. The van der Waals surface area contributed by atoms with Crippen molar-refractivity contribution in [3.8, 4) is 6.07 Å². The molecule has 0 aromatic carbocycles. The number of rotatable bonds is 6. The predicted molar refractivity (Wildman–Crippen MR) is 57.2 cm³/mol. The Labute approximate surface area is 91.3 Å². The molecule has 86 valence electrons. The van der Waals surface area contributed by atoms with E-state index in [-0.39, 0.29) is 0 Å². The molecule has 0 amide bonds. The zero-order chi connectivity index (χ0) is 11.1. The first-order chi connectivity index (χ1) is 7.23. The van der Waals surface area contributed by atoms with Crippen LogP contribution in [0.4, 0.5) is 0 Å². The van der Waals surface area contributed by atoms with Crippen LogP contribution in [0.2, 0.25) is 0 Å². The molecule has 2 N–H and O–H groups in total. The molecule has 15 heavy (non-hydrogen) atoms. The zero-order valence-corrected chi connectivity index (χ0v) is 9.37. The molecule has 1 fully saturated rings. The lowest BCUT2D eigenvalue weighted by atomic mass is 9.87. The molecule has 0 bridgehead atoms. The molecule has 1 aliphatic carbocycles. The average molecular weight is 212 g/mol. The van der Waals surface area contributed by atoms with Crippen LogP contribution in [0.15, 0.2) is 0 Å². The molecule has 0 aliphatic heterocycles. The Bertz CT molecular complexity index is 227. The highest BCUT2D eigenvalue weighted by Gasteiger charge is 2.39. The first-order valence-electron chi connectivity index (χ1n) is 5.50. The molecule has 1 rings (SSSR count). The molecule has 4 heteroatoms. The van der Waals surface area contributed by atoms with E-state index in [1.165, 1.54) is 0 Å². The van der Waals surface area contributed by atoms with E-state index in [0.717, 1.165) is 25.7 Å². The minimum Gasteiger partial charge on any atom is -0.382 e. The molecular weight excluding hydrogens is 192 g/mol. The second-order valence-corrected chi connectivity index (χ2v) is 4.14. The molecule has 0 spiro atoms. The number of nitrogens with two attached hydrogens (primary N) is 1. The van der Waals surface area contributed by atoms with Crippen LogP contribution < -0.4 is 5.73 Å². The van der Waals surface area contributed by atoms with Gasteiger partial charge >= 0.3 is 0 Å². The van der Waals surface area contributed by atoms with Crippen molar-refractivity contribution in [2.45, 2.75) is 31.2 Å². The third-order valence-electron chi connectivity index (χ3n) is 3.12. The molecule has 2 unspecified atom stereocenters. The van der Waals surface area contributed by atoms with Gasteiger partial charge in [-0.1, -0.05) is 6.42 Å². The van der Waals surface area contributed by atoms with Crippen LogP contribution in [0.3, 0.4) is 0 Å². The monoisotopic (exact) mass is 212 g/mol. The highest BCUT2D eigenvalue weighted by Crippen LogP contribution is 2.35. The van der Waals surface area contributed by atoms with Gasteiger partial charge in [0.15, 0.2) is 0 Å². The Morgan fingerprint density at radius 2 is 2.27 bits per heavy atom. The summed E-state index contributed by atoms with van der Waals surface area (Å²) in [6, 6.07) is 2.24. The van der Waals surface area contributed by atoms with Crippen molar-refractivity contribution in [2.24, 2.45) is 11.7 Å². The van der Waals surface area contributed by atoms with E-state index >= 15 is 0 Å². The standard InChI is InChI=1S/C11H20N2O2/c1-14-7-8-15-6-4-10-3-2-5-11(10,13)9-12/h10H,2-8,13H2,1H3. The van der Waals surface area contributed by atoms with Crippen molar-refractivity contribution in [1.29, 1.82) is 5.26 Å². The highest BCUT2D eigenvalue weighted by molar-refractivity contribution is 5.11. The number of hydrogen-bond acceptors (Lipinski definition) is 4. The lowest BCUT2D eigenvalue weighted by Crippen LogP contribution is -2.42. The van der Waals surface area contributed by atoms with E-state index in [9.17, 15) is 0 Å². The molecule has 0 aromatic heterocycles. The third kappa shape index (κ3) is 3.45. The second kappa shape index (κ2) is 6.06. The van der Waals surface area contributed by atoms with Crippen LogP contribution in [-0.4, -0.2) is 32.5 Å². The topological polar surface area (TPSA) is 68.3 Å². The van der Waals surface area contributed by atoms with Crippen LogP contribution in [0.25, 0.3) is 0 Å². The molecule has 1 saturated carbocycles. The lowest BCUT2D eigenvalue weighted by molar-refractivity contribution is 0.0616. The first-order valence-corrected chi connectivity index (χ1v) is 5.50. The summed E-state index contributed by atoms with van der Waals surface area (Å²) in [4.78, 5) is 0. The fraction of sp³-hybridized carbons (Fsp3) is 0.909. The van der Waals surface area contributed by atoms with E-state index < -0.39 is 5.54 Å². The Balaban J connectivity index is 2.18. The van der Waals surface area contributed by atoms with Crippen molar-refractivity contribution in [2.75, 3.05) is 26.9 Å². The van der Waals surface area contributed by atoms with Gasteiger partial charge in [-0.2, -0.15) is 5.26 Å². The van der Waals surface area contributed by atoms with Gasteiger partial charge in [-0.25, -0.2) is 0 Å². The maximum absolute atomic E-state index is 9.00. The summed E-state index contributed by atoms with van der Waals surface area (Å²) in [6.07, 6.45) is 3.82. The molecule has 0 radical (unpaired) electrons. The fourth-order valence-corrected chi connectivity index (χ4v) is 2.12. The normalized spacial score (nSPS) is 30.3. The summed E-state index contributed by atoms with van der Waals surface area (Å²) in [6.45, 7) is 1.92. The van der Waals surface area contributed by atoms with E-state index in [4.69, 9.17) is 20.5 Å². The Morgan fingerprint density at radius 1 is 1.47 bits per heavy atom. The minimum atomic E-state index is -0.607. The largest absolute Gasteiger partial charge is 0.382 e. The minimum absolute atomic E-state index is 0.296. The van der Waals surface area contributed by atoms with Gasteiger partial charge in [0.1, 0.15) is 5.54 Å². The van der Waals surface area contributed by atoms with Gasteiger partial charge < -0.3 is 15.2 Å². The van der Waals surface area contributed by atoms with Crippen molar-refractivity contribution in [3.63, 3.8) is 0 Å². The highest BCUT2D eigenvalue weighted by atomic mass is 16.5. The Morgan fingerprint density at radius 3 is 2.93 bits per heavy atom. The summed E-state index contributed by atoms with van der Waals surface area (Å²) < 4.78 is 10.3. The SMILES string of the molecule is COCCOCCC1CCCC1(N)C#N. The van der Waals surface area contributed by atoms with E-state index in [2.05, 4.69) is 6.07 Å². The van der Waals surface area contributed by atoms with Gasteiger partial charge in [-0.15, -0.1) is 0 Å². The molecule has 0 aromatic rings. The summed E-state index contributed by atoms with van der Waals surface area (Å²) in [5, 5.41) is 9.00. The molecule has 0 saturated heterocycles. The van der Waals surface area contributed by atoms with Crippen molar-refractivity contribution in [3.05, 3.63) is 0 Å². The van der Waals surface area contributed by atoms with E-state index in [1.54, 1.807) is 7.11 Å². The van der Waals surface area contributed by atoms with Gasteiger partial charge in [0.05, 0.1) is 19.3 Å². The predicted octanol–water partition coefficient (Wildman–Crippen LogP) is 1.06. The number of ether oxygens (including phenoxy) is 2. The zero-order valence-electron chi connectivity index (χ0n) is 9.37. The number of methoxy groups -OCH3 is 1. The smallest absolute Gasteiger partial charge is 0.107 e. The molecule has 2 atom stereocenters.